The molecule has 2 aromatic carbocycles. The van der Waals surface area contributed by atoms with Gasteiger partial charge in [-0.1, -0.05) is 11.6 Å². The Morgan fingerprint density at radius 2 is 1.97 bits per heavy atom. The maximum absolute atomic E-state index is 13.5. The number of aromatic amines is 1. The smallest absolute Gasteiger partial charge is 0.231 e. The van der Waals surface area contributed by atoms with Gasteiger partial charge in [-0.05, 0) is 42.5 Å². The molecular formula is C21H15ClFN5O2. The maximum atomic E-state index is 13.5. The third-order valence-electron chi connectivity index (χ3n) is 4.77. The Hall–Kier alpha value is -3.65. The monoisotopic (exact) mass is 423 g/mol. The van der Waals surface area contributed by atoms with Crippen LogP contribution in [-0.4, -0.2) is 34.0 Å². The number of aromatic nitrogens is 4. The summed E-state index contributed by atoms with van der Waals surface area (Å²) in [6.45, 7) is 0.214. The van der Waals surface area contributed by atoms with Crippen LogP contribution in [0.25, 0.3) is 22.8 Å². The summed E-state index contributed by atoms with van der Waals surface area (Å²) in [4.78, 5) is 11.0. The van der Waals surface area contributed by atoms with Crippen molar-refractivity contribution in [3.8, 4) is 34.3 Å². The highest BCUT2D eigenvalue weighted by Gasteiger charge is 2.19. The number of hydrogen-bond acceptors (Lipinski definition) is 6. The number of halogens is 2. The SMILES string of the molecule is CN(c1ccc2c(c1)OCO2)c1ncccc1-c1nc(-c2ccc(F)c(Cl)c2)n[nH]1. The first-order chi connectivity index (χ1) is 14.6. The van der Waals surface area contributed by atoms with Crippen molar-refractivity contribution in [1.82, 2.24) is 20.2 Å². The number of hydrogen-bond donors (Lipinski definition) is 1. The van der Waals surface area contributed by atoms with Crippen molar-refractivity contribution in [3.05, 3.63) is 65.6 Å². The average Bonchev–Trinajstić information content (AvgIpc) is 3.44. The molecule has 0 saturated heterocycles. The van der Waals surface area contributed by atoms with Crippen molar-refractivity contribution in [3.63, 3.8) is 0 Å². The molecule has 0 saturated carbocycles. The molecule has 0 unspecified atom stereocenters. The molecule has 150 valence electrons. The van der Waals surface area contributed by atoms with E-state index in [9.17, 15) is 4.39 Å². The summed E-state index contributed by atoms with van der Waals surface area (Å²) in [6, 6.07) is 13.8. The van der Waals surface area contributed by atoms with E-state index in [1.165, 1.54) is 12.1 Å². The van der Waals surface area contributed by atoms with Crippen molar-refractivity contribution in [2.75, 3.05) is 18.7 Å². The highest BCUT2D eigenvalue weighted by Crippen LogP contribution is 2.38. The van der Waals surface area contributed by atoms with E-state index in [1.54, 1.807) is 12.3 Å². The van der Waals surface area contributed by atoms with Crippen LogP contribution in [0.3, 0.4) is 0 Å². The van der Waals surface area contributed by atoms with Crippen LogP contribution in [0.15, 0.2) is 54.7 Å². The van der Waals surface area contributed by atoms with Crippen molar-refractivity contribution in [2.45, 2.75) is 0 Å². The fraction of sp³-hybridized carbons (Fsp3) is 0.0952. The zero-order valence-electron chi connectivity index (χ0n) is 15.8. The zero-order valence-corrected chi connectivity index (χ0v) is 16.5. The van der Waals surface area contributed by atoms with Gasteiger partial charge in [0.2, 0.25) is 6.79 Å². The second kappa shape index (κ2) is 7.31. The van der Waals surface area contributed by atoms with Crippen LogP contribution in [0.4, 0.5) is 15.9 Å². The predicted molar refractivity (Wildman–Crippen MR) is 111 cm³/mol. The topological polar surface area (TPSA) is 76.2 Å². The number of nitrogens with zero attached hydrogens (tertiary/aromatic N) is 4. The maximum Gasteiger partial charge on any atom is 0.231 e. The van der Waals surface area contributed by atoms with Gasteiger partial charge in [-0.3, -0.25) is 5.10 Å². The Bertz CT molecular complexity index is 1250. The van der Waals surface area contributed by atoms with E-state index >= 15 is 0 Å². The third kappa shape index (κ3) is 3.21. The highest BCUT2D eigenvalue weighted by atomic mass is 35.5. The molecule has 1 N–H and O–H groups in total. The molecule has 3 heterocycles. The molecule has 0 atom stereocenters. The fourth-order valence-electron chi connectivity index (χ4n) is 3.21. The van der Waals surface area contributed by atoms with Gasteiger partial charge in [0.15, 0.2) is 23.1 Å². The second-order valence-electron chi connectivity index (χ2n) is 6.61. The Labute approximate surface area is 176 Å². The number of nitrogens with one attached hydrogen (secondary N) is 1. The van der Waals surface area contributed by atoms with Crippen molar-refractivity contribution >= 4 is 23.1 Å². The Morgan fingerprint density at radius 3 is 2.83 bits per heavy atom. The molecule has 1 aliphatic rings. The Kier molecular flexibility index (Phi) is 4.48. The first kappa shape index (κ1) is 18.4. The lowest BCUT2D eigenvalue weighted by molar-refractivity contribution is 0.174. The Morgan fingerprint density at radius 1 is 1.10 bits per heavy atom. The summed E-state index contributed by atoms with van der Waals surface area (Å²) in [5, 5.41) is 7.20. The van der Waals surface area contributed by atoms with Crippen LogP contribution in [-0.2, 0) is 0 Å². The lowest BCUT2D eigenvalue weighted by Crippen LogP contribution is -2.12. The molecule has 0 spiro atoms. The van der Waals surface area contributed by atoms with Crippen molar-refractivity contribution in [2.24, 2.45) is 0 Å². The number of fused-ring (bicyclic) bond motifs is 1. The van der Waals surface area contributed by atoms with E-state index in [-0.39, 0.29) is 11.8 Å². The van der Waals surface area contributed by atoms with Crippen molar-refractivity contribution in [1.29, 1.82) is 0 Å². The van der Waals surface area contributed by atoms with E-state index in [0.29, 0.717) is 34.5 Å². The van der Waals surface area contributed by atoms with E-state index in [1.807, 2.05) is 42.3 Å². The highest BCUT2D eigenvalue weighted by molar-refractivity contribution is 6.31. The van der Waals surface area contributed by atoms with Gasteiger partial charge in [-0.2, -0.15) is 5.10 Å². The van der Waals surface area contributed by atoms with Crippen molar-refractivity contribution < 1.29 is 13.9 Å². The number of H-pyrrole nitrogens is 1. The van der Waals surface area contributed by atoms with E-state index in [0.717, 1.165) is 11.3 Å². The molecule has 1 aliphatic heterocycles. The third-order valence-corrected chi connectivity index (χ3v) is 5.06. The molecule has 0 fully saturated rings. The summed E-state index contributed by atoms with van der Waals surface area (Å²) >= 11 is 5.89. The summed E-state index contributed by atoms with van der Waals surface area (Å²) in [5.74, 6) is 2.53. The second-order valence-corrected chi connectivity index (χ2v) is 7.01. The normalized spacial score (nSPS) is 12.2. The van der Waals surface area contributed by atoms with Crippen LogP contribution in [0.1, 0.15) is 0 Å². The van der Waals surface area contributed by atoms with Crippen LogP contribution in [0.2, 0.25) is 5.02 Å². The fourth-order valence-corrected chi connectivity index (χ4v) is 3.39. The molecule has 30 heavy (non-hydrogen) atoms. The zero-order chi connectivity index (χ0) is 20.7. The number of ether oxygens (including phenoxy) is 2. The van der Waals surface area contributed by atoms with Crippen LogP contribution >= 0.6 is 11.6 Å². The van der Waals surface area contributed by atoms with Crippen LogP contribution < -0.4 is 14.4 Å². The molecule has 5 rings (SSSR count). The van der Waals surface area contributed by atoms with Gasteiger partial charge in [0.25, 0.3) is 0 Å². The summed E-state index contributed by atoms with van der Waals surface area (Å²) < 4.78 is 24.3. The Balaban J connectivity index is 1.51. The van der Waals surface area contributed by atoms with Crippen LogP contribution in [0.5, 0.6) is 11.5 Å². The number of pyridine rings is 1. The minimum atomic E-state index is -0.490. The number of benzene rings is 2. The lowest BCUT2D eigenvalue weighted by Gasteiger charge is -2.20. The van der Waals surface area contributed by atoms with E-state index < -0.39 is 5.82 Å². The number of anilines is 2. The van der Waals surface area contributed by atoms with Gasteiger partial charge in [0.05, 0.1) is 10.6 Å². The molecule has 2 aromatic heterocycles. The summed E-state index contributed by atoms with van der Waals surface area (Å²) in [6.07, 6.45) is 1.71. The standard InChI is InChI=1S/C21H15ClFN5O2/c1-28(13-5-7-17-18(10-13)30-11-29-17)21-14(3-2-8-24-21)20-25-19(26-27-20)12-4-6-16(23)15(22)9-12/h2-10H,11H2,1H3,(H,25,26,27). The summed E-state index contributed by atoms with van der Waals surface area (Å²) in [7, 11) is 1.90. The van der Waals surface area contributed by atoms with Crippen LogP contribution in [0, 0.1) is 5.82 Å². The van der Waals surface area contributed by atoms with Gasteiger partial charge in [-0.15, -0.1) is 0 Å². The molecule has 7 nitrogen and oxygen atoms in total. The first-order valence-electron chi connectivity index (χ1n) is 9.07. The molecule has 4 aromatic rings. The quantitative estimate of drug-likeness (QED) is 0.507. The van der Waals surface area contributed by atoms with Gasteiger partial charge >= 0.3 is 0 Å². The molecular weight excluding hydrogens is 409 g/mol. The van der Waals surface area contributed by atoms with E-state index in [4.69, 9.17) is 21.1 Å². The largest absolute Gasteiger partial charge is 0.454 e. The predicted octanol–water partition coefficient (Wildman–Crippen LogP) is 4.82. The van der Waals surface area contributed by atoms with Gasteiger partial charge in [0, 0.05) is 30.6 Å². The van der Waals surface area contributed by atoms with Gasteiger partial charge in [0.1, 0.15) is 11.6 Å². The number of rotatable bonds is 4. The van der Waals surface area contributed by atoms with Gasteiger partial charge in [-0.25, -0.2) is 14.4 Å². The molecule has 0 radical (unpaired) electrons. The summed E-state index contributed by atoms with van der Waals surface area (Å²) in [5.41, 5.74) is 2.24. The first-order valence-corrected chi connectivity index (χ1v) is 9.44. The minimum Gasteiger partial charge on any atom is -0.454 e. The van der Waals surface area contributed by atoms with Gasteiger partial charge < -0.3 is 14.4 Å². The molecule has 0 bridgehead atoms. The molecule has 9 heteroatoms. The molecule has 0 amide bonds. The van der Waals surface area contributed by atoms with E-state index in [2.05, 4.69) is 20.2 Å². The molecule has 0 aliphatic carbocycles. The average molecular weight is 424 g/mol. The minimum absolute atomic E-state index is 0.0171. The lowest BCUT2D eigenvalue weighted by atomic mass is 10.2.